The normalized spacial score (nSPS) is 12.0. The van der Waals surface area contributed by atoms with Gasteiger partial charge in [-0.1, -0.05) is 26.8 Å². The number of hydrogen-bond acceptors (Lipinski definition) is 4. The van der Waals surface area contributed by atoms with E-state index in [0.717, 1.165) is 21.1 Å². The van der Waals surface area contributed by atoms with Crippen molar-refractivity contribution in [1.29, 1.82) is 0 Å². The summed E-state index contributed by atoms with van der Waals surface area (Å²) in [5, 5.41) is 4.91. The van der Waals surface area contributed by atoms with Crippen LogP contribution in [0.25, 0.3) is 21.1 Å². The number of hydrogen-bond donors (Lipinski definition) is 2. The van der Waals surface area contributed by atoms with Gasteiger partial charge in [0.25, 0.3) is 5.91 Å². The summed E-state index contributed by atoms with van der Waals surface area (Å²) in [4.78, 5) is 18.3. The Labute approximate surface area is 139 Å². The van der Waals surface area contributed by atoms with Crippen molar-refractivity contribution in [2.75, 3.05) is 13.1 Å². The quantitative estimate of drug-likeness (QED) is 0.774. The van der Waals surface area contributed by atoms with Gasteiger partial charge in [0.1, 0.15) is 4.83 Å². The maximum Gasteiger partial charge on any atom is 0.261 e. The van der Waals surface area contributed by atoms with Gasteiger partial charge in [0.2, 0.25) is 0 Å². The Balaban J connectivity index is 2.05. The molecular formula is C18H21N3OS. The highest BCUT2D eigenvalue weighted by Crippen LogP contribution is 2.30. The molecule has 0 saturated carbocycles. The van der Waals surface area contributed by atoms with E-state index in [1.165, 1.54) is 16.9 Å². The highest BCUT2D eigenvalue weighted by Gasteiger charge is 2.15. The summed E-state index contributed by atoms with van der Waals surface area (Å²) in [7, 11) is 0. The van der Waals surface area contributed by atoms with Crippen LogP contribution >= 0.6 is 11.3 Å². The Morgan fingerprint density at radius 3 is 2.70 bits per heavy atom. The number of rotatable bonds is 3. The number of aromatic nitrogens is 1. The molecule has 3 aromatic rings. The van der Waals surface area contributed by atoms with Crippen LogP contribution in [0, 0.1) is 0 Å². The van der Waals surface area contributed by atoms with Crippen LogP contribution in [-0.2, 0) is 5.41 Å². The number of carbonyl (C=O) groups is 1. The maximum absolute atomic E-state index is 12.1. The first-order chi connectivity index (χ1) is 10.9. The van der Waals surface area contributed by atoms with Crippen LogP contribution in [0.2, 0.25) is 0 Å². The van der Waals surface area contributed by atoms with Crippen molar-refractivity contribution in [2.45, 2.75) is 26.2 Å². The number of nitrogens with two attached hydrogens (primary N) is 1. The van der Waals surface area contributed by atoms with Crippen molar-refractivity contribution >= 4 is 38.4 Å². The molecule has 3 N–H and O–H groups in total. The van der Waals surface area contributed by atoms with E-state index in [9.17, 15) is 4.79 Å². The summed E-state index contributed by atoms with van der Waals surface area (Å²) in [5.74, 6) is -0.0853. The zero-order valence-corrected chi connectivity index (χ0v) is 14.5. The molecule has 0 atom stereocenters. The average Bonchev–Trinajstić information content (AvgIpc) is 2.91. The van der Waals surface area contributed by atoms with Crippen molar-refractivity contribution < 1.29 is 4.79 Å². The molecule has 0 spiro atoms. The van der Waals surface area contributed by atoms with E-state index in [4.69, 9.17) is 10.7 Å². The molecule has 0 unspecified atom stereocenters. The van der Waals surface area contributed by atoms with E-state index >= 15 is 0 Å². The fourth-order valence-electron chi connectivity index (χ4n) is 2.49. The lowest BCUT2D eigenvalue weighted by Crippen LogP contribution is -2.28. The number of nitrogens with one attached hydrogen (secondary N) is 1. The molecule has 23 heavy (non-hydrogen) atoms. The molecular weight excluding hydrogens is 306 g/mol. The summed E-state index contributed by atoms with van der Waals surface area (Å²) in [6.45, 7) is 7.52. The van der Waals surface area contributed by atoms with Crippen LogP contribution in [-0.4, -0.2) is 24.0 Å². The van der Waals surface area contributed by atoms with E-state index < -0.39 is 0 Å². The number of benzene rings is 1. The lowest BCUT2D eigenvalue weighted by atomic mass is 9.86. The number of fused-ring (bicyclic) bond motifs is 2. The third-order valence-electron chi connectivity index (χ3n) is 3.82. The molecule has 3 rings (SSSR count). The number of nitrogens with zero attached hydrogens (tertiary/aromatic N) is 1. The van der Waals surface area contributed by atoms with Gasteiger partial charge in [0, 0.05) is 23.9 Å². The zero-order chi connectivity index (χ0) is 16.6. The lowest BCUT2D eigenvalue weighted by molar-refractivity contribution is 0.0959. The Morgan fingerprint density at radius 2 is 2.00 bits per heavy atom. The van der Waals surface area contributed by atoms with Crippen LogP contribution in [0.1, 0.15) is 36.0 Å². The Hall–Kier alpha value is -1.98. The fraction of sp³-hybridized carbons (Fsp3) is 0.333. The van der Waals surface area contributed by atoms with Crippen LogP contribution in [0.4, 0.5) is 0 Å². The van der Waals surface area contributed by atoms with Gasteiger partial charge in [-0.3, -0.25) is 4.79 Å². The van der Waals surface area contributed by atoms with Gasteiger partial charge in [-0.05, 0) is 35.2 Å². The molecule has 0 bridgehead atoms. The van der Waals surface area contributed by atoms with Gasteiger partial charge in [0.05, 0.1) is 10.4 Å². The number of amides is 1. The van der Waals surface area contributed by atoms with Crippen molar-refractivity contribution in [3.8, 4) is 0 Å². The Morgan fingerprint density at radius 1 is 1.22 bits per heavy atom. The highest BCUT2D eigenvalue weighted by atomic mass is 32.1. The van der Waals surface area contributed by atoms with Gasteiger partial charge in [-0.2, -0.15) is 0 Å². The predicted molar refractivity (Wildman–Crippen MR) is 97.2 cm³/mol. The largest absolute Gasteiger partial charge is 0.350 e. The predicted octanol–water partition coefficient (Wildman–Crippen LogP) is 3.44. The summed E-state index contributed by atoms with van der Waals surface area (Å²) in [6, 6.07) is 10.4. The molecule has 120 valence electrons. The number of carbonyl (C=O) groups excluding carboxylic acids is 1. The zero-order valence-electron chi connectivity index (χ0n) is 13.6. The van der Waals surface area contributed by atoms with Crippen LogP contribution in [0.3, 0.4) is 0 Å². The van der Waals surface area contributed by atoms with Gasteiger partial charge >= 0.3 is 0 Å². The van der Waals surface area contributed by atoms with Crippen molar-refractivity contribution in [2.24, 2.45) is 5.73 Å². The second-order valence-corrected chi connectivity index (χ2v) is 7.73. The molecule has 0 aliphatic heterocycles. The van der Waals surface area contributed by atoms with Crippen molar-refractivity contribution in [3.05, 3.63) is 40.8 Å². The van der Waals surface area contributed by atoms with Crippen molar-refractivity contribution in [3.63, 3.8) is 0 Å². The summed E-state index contributed by atoms with van der Waals surface area (Å²) >= 11 is 1.42. The monoisotopic (exact) mass is 327 g/mol. The van der Waals surface area contributed by atoms with Crippen LogP contribution in [0.15, 0.2) is 30.3 Å². The molecule has 0 aliphatic carbocycles. The van der Waals surface area contributed by atoms with E-state index in [2.05, 4.69) is 50.4 Å². The van der Waals surface area contributed by atoms with Gasteiger partial charge in [0.15, 0.2) is 0 Å². The van der Waals surface area contributed by atoms with Gasteiger partial charge in [-0.15, -0.1) is 11.3 Å². The molecule has 0 radical (unpaired) electrons. The summed E-state index contributed by atoms with van der Waals surface area (Å²) in [6.07, 6.45) is 0. The second kappa shape index (κ2) is 5.91. The second-order valence-electron chi connectivity index (χ2n) is 6.70. The molecule has 1 amide bonds. The first kappa shape index (κ1) is 15.9. The first-order valence-electron chi connectivity index (χ1n) is 7.71. The lowest BCUT2D eigenvalue weighted by Gasteiger charge is -2.19. The summed E-state index contributed by atoms with van der Waals surface area (Å²) in [5.41, 5.74) is 7.76. The molecule has 2 aromatic heterocycles. The van der Waals surface area contributed by atoms with Crippen molar-refractivity contribution in [1.82, 2.24) is 10.3 Å². The van der Waals surface area contributed by atoms with E-state index in [1.54, 1.807) is 0 Å². The molecule has 0 fully saturated rings. The molecule has 0 saturated heterocycles. The van der Waals surface area contributed by atoms with E-state index in [-0.39, 0.29) is 11.3 Å². The third kappa shape index (κ3) is 3.21. The maximum atomic E-state index is 12.1. The minimum atomic E-state index is -0.0853. The number of pyridine rings is 1. The number of thiophene rings is 1. The molecule has 0 aliphatic rings. The average molecular weight is 327 g/mol. The van der Waals surface area contributed by atoms with E-state index in [0.29, 0.717) is 18.0 Å². The molecule has 2 heterocycles. The first-order valence-corrected chi connectivity index (χ1v) is 8.53. The highest BCUT2D eigenvalue weighted by molar-refractivity contribution is 7.20. The van der Waals surface area contributed by atoms with Gasteiger partial charge in [-0.25, -0.2) is 4.98 Å². The molecule has 4 nitrogen and oxygen atoms in total. The summed E-state index contributed by atoms with van der Waals surface area (Å²) < 4.78 is 0. The topological polar surface area (TPSA) is 68.0 Å². The van der Waals surface area contributed by atoms with Crippen LogP contribution in [0.5, 0.6) is 0 Å². The minimum absolute atomic E-state index is 0.0853. The standard InChI is InChI=1S/C18H21N3OS/c1-18(2,3)13-4-5-14-11(9-13)8-12-10-15(23-17(12)21-14)16(22)20-7-6-19/h4-5,8-10H,6-7,19H2,1-3H3,(H,20,22). The fourth-order valence-corrected chi connectivity index (χ4v) is 3.43. The van der Waals surface area contributed by atoms with Crippen LogP contribution < -0.4 is 11.1 Å². The minimum Gasteiger partial charge on any atom is -0.350 e. The molecule has 1 aromatic carbocycles. The Bertz CT molecular complexity index is 877. The third-order valence-corrected chi connectivity index (χ3v) is 4.86. The molecule has 5 heteroatoms. The van der Waals surface area contributed by atoms with Gasteiger partial charge < -0.3 is 11.1 Å². The van der Waals surface area contributed by atoms with E-state index in [1.807, 2.05) is 6.07 Å². The smallest absolute Gasteiger partial charge is 0.261 e. The Kier molecular flexibility index (Phi) is 4.08. The SMILES string of the molecule is CC(C)(C)c1ccc2nc3sc(C(=O)NCCN)cc3cc2c1.